The fourth-order valence-electron chi connectivity index (χ4n) is 2.00. The van der Waals surface area contributed by atoms with Crippen LogP contribution in [0.2, 0.25) is 0 Å². The van der Waals surface area contributed by atoms with Gasteiger partial charge in [0.15, 0.2) is 29.5 Å². The van der Waals surface area contributed by atoms with Crippen molar-refractivity contribution in [2.75, 3.05) is 0 Å². The molecule has 0 spiro atoms. The molecular weight excluding hydrogens is 332 g/mol. The van der Waals surface area contributed by atoms with E-state index in [0.717, 1.165) is 12.1 Å². The van der Waals surface area contributed by atoms with Gasteiger partial charge in [-0.15, -0.1) is 0 Å². The van der Waals surface area contributed by atoms with Crippen LogP contribution in [-0.4, -0.2) is 73.0 Å². The van der Waals surface area contributed by atoms with E-state index in [9.17, 15) is 39.9 Å². The normalized spacial score (nSPS) is 24.2. The van der Waals surface area contributed by atoms with Crippen molar-refractivity contribution in [3.8, 4) is 17.2 Å². The maximum absolute atomic E-state index is 11.9. The summed E-state index contributed by atoms with van der Waals surface area (Å²) in [5.41, 5.74) is -0.468. The van der Waals surface area contributed by atoms with Crippen molar-refractivity contribution in [2.24, 2.45) is 0 Å². The van der Waals surface area contributed by atoms with Crippen LogP contribution in [0.25, 0.3) is 0 Å². The Balaban J connectivity index is 2.17. The lowest BCUT2D eigenvalue weighted by Crippen LogP contribution is -2.43. The standard InChI is InChI=1S/C13H12O11/c14-4-1-3(2-5(15)6(4)16)12(21)24-10-7(17)9(23-13(10)22)8(18)11(19)20/h1-2,7-10,14-18H,(H,19,20)/t7-,8-,9+,10+/m1/s1. The second-order valence-corrected chi connectivity index (χ2v) is 4.86. The highest BCUT2D eigenvalue weighted by atomic mass is 16.6. The third kappa shape index (κ3) is 3.02. The minimum absolute atomic E-state index is 0.468. The number of aliphatic hydroxyl groups excluding tert-OH is 2. The van der Waals surface area contributed by atoms with E-state index in [1.807, 2.05) is 0 Å². The Bertz CT molecular complexity index is 674. The topological polar surface area (TPSA) is 191 Å². The minimum atomic E-state index is -2.23. The van der Waals surface area contributed by atoms with Gasteiger partial charge in [-0.1, -0.05) is 0 Å². The molecule has 0 radical (unpaired) electrons. The van der Waals surface area contributed by atoms with Gasteiger partial charge in [0.25, 0.3) is 0 Å². The van der Waals surface area contributed by atoms with Crippen molar-refractivity contribution in [3.63, 3.8) is 0 Å². The van der Waals surface area contributed by atoms with Crippen molar-refractivity contribution < 1.29 is 54.5 Å². The first kappa shape index (κ1) is 17.3. The summed E-state index contributed by atoms with van der Waals surface area (Å²) in [5.74, 6) is -6.88. The number of carbonyl (C=O) groups is 3. The fourth-order valence-corrected chi connectivity index (χ4v) is 2.00. The van der Waals surface area contributed by atoms with Gasteiger partial charge in [0.05, 0.1) is 5.56 Å². The Morgan fingerprint density at radius 2 is 1.71 bits per heavy atom. The summed E-state index contributed by atoms with van der Waals surface area (Å²) in [5, 5.41) is 55.6. The Morgan fingerprint density at radius 1 is 1.17 bits per heavy atom. The lowest BCUT2D eigenvalue weighted by atomic mass is 10.1. The van der Waals surface area contributed by atoms with E-state index in [4.69, 9.17) is 5.11 Å². The van der Waals surface area contributed by atoms with Crippen LogP contribution in [0.5, 0.6) is 17.2 Å². The van der Waals surface area contributed by atoms with E-state index < -0.39 is 65.1 Å². The molecule has 11 nitrogen and oxygen atoms in total. The Labute approximate surface area is 132 Å². The SMILES string of the molecule is O=C(O[C@@H]1C(=O)O[C@H]([C@@H](O)C(=O)O)[C@H]1O)c1cc(O)c(O)c(O)c1. The maximum Gasteiger partial charge on any atom is 0.350 e. The first-order chi connectivity index (χ1) is 11.1. The summed E-state index contributed by atoms with van der Waals surface area (Å²) in [4.78, 5) is 34.1. The number of carboxylic acids is 1. The number of phenolic OH excluding ortho intramolecular Hbond substituents is 3. The summed E-state index contributed by atoms with van der Waals surface area (Å²) < 4.78 is 9.14. The van der Waals surface area contributed by atoms with Crippen LogP contribution in [0, 0.1) is 0 Å². The molecule has 0 unspecified atom stereocenters. The average Bonchev–Trinajstić information content (AvgIpc) is 2.79. The number of aliphatic hydroxyl groups is 2. The Morgan fingerprint density at radius 3 is 2.21 bits per heavy atom. The molecule has 6 N–H and O–H groups in total. The first-order valence-corrected chi connectivity index (χ1v) is 6.38. The van der Waals surface area contributed by atoms with Crippen LogP contribution < -0.4 is 0 Å². The molecule has 0 aliphatic carbocycles. The second kappa shape index (κ2) is 6.22. The number of ether oxygens (including phenoxy) is 2. The van der Waals surface area contributed by atoms with Crippen molar-refractivity contribution in [1.29, 1.82) is 0 Å². The van der Waals surface area contributed by atoms with Gasteiger partial charge in [0.2, 0.25) is 6.10 Å². The van der Waals surface area contributed by atoms with Gasteiger partial charge in [-0.3, -0.25) is 0 Å². The molecule has 2 rings (SSSR count). The number of carbonyl (C=O) groups excluding carboxylic acids is 2. The molecular formula is C13H12O11. The van der Waals surface area contributed by atoms with Crippen LogP contribution in [0.1, 0.15) is 10.4 Å². The van der Waals surface area contributed by atoms with Gasteiger partial charge in [-0.2, -0.15) is 0 Å². The van der Waals surface area contributed by atoms with E-state index in [0.29, 0.717) is 0 Å². The van der Waals surface area contributed by atoms with Gasteiger partial charge in [0, 0.05) is 0 Å². The summed E-state index contributed by atoms with van der Waals surface area (Å²) in [6.45, 7) is 0. The molecule has 0 aromatic heterocycles. The molecule has 1 fully saturated rings. The van der Waals surface area contributed by atoms with Crippen molar-refractivity contribution in [3.05, 3.63) is 17.7 Å². The highest BCUT2D eigenvalue weighted by Crippen LogP contribution is 2.35. The van der Waals surface area contributed by atoms with Crippen molar-refractivity contribution >= 4 is 17.9 Å². The second-order valence-electron chi connectivity index (χ2n) is 4.86. The van der Waals surface area contributed by atoms with Crippen LogP contribution in [0.3, 0.4) is 0 Å². The number of esters is 2. The molecule has 24 heavy (non-hydrogen) atoms. The van der Waals surface area contributed by atoms with Gasteiger partial charge < -0.3 is 40.1 Å². The molecule has 1 aliphatic heterocycles. The smallest absolute Gasteiger partial charge is 0.350 e. The number of rotatable bonds is 4. The molecule has 1 aliphatic rings. The predicted molar refractivity (Wildman–Crippen MR) is 70.2 cm³/mol. The third-order valence-electron chi connectivity index (χ3n) is 3.23. The molecule has 1 heterocycles. The number of phenols is 3. The summed E-state index contributed by atoms with van der Waals surface area (Å²) in [7, 11) is 0. The molecule has 0 saturated carbocycles. The molecule has 0 amide bonds. The molecule has 11 heteroatoms. The van der Waals surface area contributed by atoms with Crippen LogP contribution in [0.15, 0.2) is 12.1 Å². The first-order valence-electron chi connectivity index (χ1n) is 6.38. The number of aliphatic carboxylic acids is 1. The number of hydrogen-bond donors (Lipinski definition) is 6. The number of cyclic esters (lactones) is 1. The van der Waals surface area contributed by atoms with Gasteiger partial charge in [-0.05, 0) is 12.1 Å². The summed E-state index contributed by atoms with van der Waals surface area (Å²) in [6, 6.07) is 1.46. The molecule has 4 atom stereocenters. The van der Waals surface area contributed by atoms with E-state index in [1.165, 1.54) is 0 Å². The maximum atomic E-state index is 11.9. The monoisotopic (exact) mass is 344 g/mol. The summed E-state index contributed by atoms with van der Waals surface area (Å²) >= 11 is 0. The lowest BCUT2D eigenvalue weighted by Gasteiger charge is -2.17. The van der Waals surface area contributed by atoms with Gasteiger partial charge in [-0.25, -0.2) is 14.4 Å². The quantitative estimate of drug-likeness (QED) is 0.263. The zero-order valence-corrected chi connectivity index (χ0v) is 11.7. The van der Waals surface area contributed by atoms with E-state index >= 15 is 0 Å². The van der Waals surface area contributed by atoms with E-state index in [-0.39, 0.29) is 0 Å². The molecule has 1 saturated heterocycles. The molecule has 130 valence electrons. The molecule has 0 bridgehead atoms. The van der Waals surface area contributed by atoms with Crippen LogP contribution in [0.4, 0.5) is 0 Å². The number of aromatic hydroxyl groups is 3. The fraction of sp³-hybridized carbons (Fsp3) is 0.308. The average molecular weight is 344 g/mol. The number of hydrogen-bond acceptors (Lipinski definition) is 10. The zero-order valence-electron chi connectivity index (χ0n) is 11.7. The molecule has 1 aromatic carbocycles. The highest BCUT2D eigenvalue weighted by Gasteiger charge is 2.51. The van der Waals surface area contributed by atoms with Crippen LogP contribution >= 0.6 is 0 Å². The van der Waals surface area contributed by atoms with E-state index in [1.54, 1.807) is 0 Å². The predicted octanol–water partition coefficient (Wildman–Crippen LogP) is -1.94. The lowest BCUT2D eigenvalue weighted by molar-refractivity contribution is -0.161. The van der Waals surface area contributed by atoms with Crippen molar-refractivity contribution in [1.82, 2.24) is 0 Å². The largest absolute Gasteiger partial charge is 0.504 e. The third-order valence-corrected chi connectivity index (χ3v) is 3.23. The minimum Gasteiger partial charge on any atom is -0.504 e. The number of carboxylic acid groups (broad SMARTS) is 1. The Kier molecular flexibility index (Phi) is 4.48. The Hall–Kier alpha value is -3.05. The molecule has 1 aromatic rings. The van der Waals surface area contributed by atoms with Crippen LogP contribution in [-0.2, 0) is 19.1 Å². The number of benzene rings is 1. The van der Waals surface area contributed by atoms with E-state index in [2.05, 4.69) is 9.47 Å². The van der Waals surface area contributed by atoms with Crippen molar-refractivity contribution in [2.45, 2.75) is 24.4 Å². The van der Waals surface area contributed by atoms with Gasteiger partial charge in [0.1, 0.15) is 6.10 Å². The van der Waals surface area contributed by atoms with Gasteiger partial charge >= 0.3 is 17.9 Å². The zero-order chi connectivity index (χ0) is 18.2. The summed E-state index contributed by atoms with van der Waals surface area (Å²) in [6.07, 6.45) is -7.94. The highest BCUT2D eigenvalue weighted by molar-refractivity contribution is 5.93.